The zero-order valence-electron chi connectivity index (χ0n) is 37.5. The van der Waals surface area contributed by atoms with E-state index in [0.29, 0.717) is 12.8 Å². The maximum atomic E-state index is 12.8. The molecule has 6 unspecified atom stereocenters. The summed E-state index contributed by atoms with van der Waals surface area (Å²) in [7, 11) is -5.11. The van der Waals surface area contributed by atoms with Crippen LogP contribution in [0, 0.1) is 0 Å². The van der Waals surface area contributed by atoms with Gasteiger partial charge in [0.05, 0.1) is 6.61 Å². The fourth-order valence-electron chi connectivity index (χ4n) is 7.46. The van der Waals surface area contributed by atoms with Gasteiger partial charge >= 0.3 is 19.8 Å². The highest BCUT2D eigenvalue weighted by Gasteiger charge is 2.51. The number of carbonyl (C=O) groups is 2. The van der Waals surface area contributed by atoms with Crippen LogP contribution in [-0.4, -0.2) is 98.3 Å². The Hall–Kier alpha value is -1.41. The first-order chi connectivity index (χ1) is 28.9. The number of unbranched alkanes of at least 4 members (excludes halogenated alkanes) is 26. The summed E-state index contributed by atoms with van der Waals surface area (Å²) < 4.78 is 33.5. The predicted octanol–water partition coefficient (Wildman–Crippen LogP) is 9.45. The first-order valence-corrected chi connectivity index (χ1v) is 25.5. The number of aliphatic hydroxyl groups is 5. The summed E-state index contributed by atoms with van der Waals surface area (Å²) in [6, 6.07) is 0. The monoisotopic (exact) mass is 879 g/mol. The van der Waals surface area contributed by atoms with E-state index in [9.17, 15) is 44.6 Å². The largest absolute Gasteiger partial charge is 0.472 e. The molecule has 13 nitrogen and oxygen atoms in total. The highest BCUT2D eigenvalue weighted by molar-refractivity contribution is 7.47. The number of ether oxygens (including phenoxy) is 2. The molecule has 8 atom stereocenters. The zero-order chi connectivity index (χ0) is 44.3. The standard InChI is InChI=1S/C46H87O13P/c1-3-5-7-9-11-13-15-17-18-19-20-21-22-23-25-27-29-31-33-35-40(48)58-38(36-56-39(47)34-32-30-28-26-24-16-14-12-10-8-6-4-2)37-57-60(54,55)59-46-44(52)42(50)41(49)43(51)45(46)53/h19-20,38,41-46,49-53H,3-18,21-37H2,1-2H3,(H,54,55)/b20-19-/t38-,41?,42-,43?,44?,45?,46?/m1/s1. The fraction of sp³-hybridized carbons (Fsp3) is 0.913. The van der Waals surface area contributed by atoms with Crippen LogP contribution in [-0.2, 0) is 32.7 Å². The number of esters is 2. The van der Waals surface area contributed by atoms with E-state index in [1.165, 1.54) is 122 Å². The third-order valence-electron chi connectivity index (χ3n) is 11.4. The molecule has 0 amide bonds. The van der Waals surface area contributed by atoms with E-state index in [1.807, 2.05) is 0 Å². The van der Waals surface area contributed by atoms with Crippen molar-refractivity contribution in [2.24, 2.45) is 0 Å². The van der Waals surface area contributed by atoms with Crippen LogP contribution in [0.1, 0.15) is 213 Å². The van der Waals surface area contributed by atoms with Crippen molar-refractivity contribution in [3.8, 4) is 0 Å². The van der Waals surface area contributed by atoms with Gasteiger partial charge in [-0.3, -0.25) is 18.6 Å². The van der Waals surface area contributed by atoms with Crippen molar-refractivity contribution in [2.75, 3.05) is 13.2 Å². The summed E-state index contributed by atoms with van der Waals surface area (Å²) in [5.41, 5.74) is 0. The van der Waals surface area contributed by atoms with Crippen LogP contribution in [0.25, 0.3) is 0 Å². The number of hydrogen-bond acceptors (Lipinski definition) is 12. The molecule has 0 aromatic carbocycles. The molecule has 0 aliphatic heterocycles. The molecule has 0 spiro atoms. The van der Waals surface area contributed by atoms with Crippen molar-refractivity contribution in [2.45, 2.75) is 256 Å². The molecule has 0 saturated heterocycles. The highest BCUT2D eigenvalue weighted by Crippen LogP contribution is 2.47. The number of allylic oxidation sites excluding steroid dienone is 2. The second kappa shape index (κ2) is 37.0. The Bertz CT molecular complexity index is 1110. The van der Waals surface area contributed by atoms with Crippen LogP contribution in [0.15, 0.2) is 12.2 Å². The van der Waals surface area contributed by atoms with E-state index < -0.39 is 75.7 Å². The minimum absolute atomic E-state index is 0.0960. The first-order valence-electron chi connectivity index (χ1n) is 24.0. The van der Waals surface area contributed by atoms with Crippen LogP contribution in [0.3, 0.4) is 0 Å². The molecule has 0 heterocycles. The van der Waals surface area contributed by atoms with Crippen LogP contribution >= 0.6 is 7.82 Å². The lowest BCUT2D eigenvalue weighted by Gasteiger charge is -2.41. The van der Waals surface area contributed by atoms with Crippen LogP contribution in [0.2, 0.25) is 0 Å². The first kappa shape index (κ1) is 56.6. The maximum Gasteiger partial charge on any atom is 0.472 e. The Labute approximate surface area is 363 Å². The van der Waals surface area contributed by atoms with E-state index in [1.54, 1.807) is 0 Å². The molecule has 0 bridgehead atoms. The molecule has 1 aliphatic carbocycles. The van der Waals surface area contributed by atoms with E-state index in [2.05, 4.69) is 26.0 Å². The van der Waals surface area contributed by atoms with Gasteiger partial charge in [0, 0.05) is 12.8 Å². The van der Waals surface area contributed by atoms with Crippen molar-refractivity contribution in [3.63, 3.8) is 0 Å². The molecule has 6 N–H and O–H groups in total. The summed E-state index contributed by atoms with van der Waals surface area (Å²) in [5, 5.41) is 50.1. The predicted molar refractivity (Wildman–Crippen MR) is 235 cm³/mol. The Kier molecular flexibility index (Phi) is 34.9. The molecule has 354 valence electrons. The van der Waals surface area contributed by atoms with Gasteiger partial charge < -0.3 is 39.9 Å². The van der Waals surface area contributed by atoms with E-state index in [0.717, 1.165) is 51.4 Å². The summed E-state index contributed by atoms with van der Waals surface area (Å²) in [6.07, 6.45) is 25.5. The second-order valence-electron chi connectivity index (χ2n) is 17.0. The molecule has 1 rings (SSSR count). The molecule has 1 saturated carbocycles. The third kappa shape index (κ3) is 29.0. The topological polar surface area (TPSA) is 210 Å². The minimum atomic E-state index is -5.11. The number of carbonyl (C=O) groups excluding carboxylic acids is 2. The molecule has 0 aromatic heterocycles. The van der Waals surface area contributed by atoms with Gasteiger partial charge in [-0.25, -0.2) is 4.57 Å². The van der Waals surface area contributed by atoms with Gasteiger partial charge in [-0.15, -0.1) is 0 Å². The van der Waals surface area contributed by atoms with Crippen molar-refractivity contribution in [3.05, 3.63) is 12.2 Å². The van der Waals surface area contributed by atoms with Crippen molar-refractivity contribution in [1.29, 1.82) is 0 Å². The van der Waals surface area contributed by atoms with E-state index in [-0.39, 0.29) is 12.8 Å². The average Bonchev–Trinajstić information content (AvgIpc) is 3.23. The lowest BCUT2D eigenvalue weighted by atomic mass is 9.85. The van der Waals surface area contributed by atoms with Crippen molar-refractivity contribution in [1.82, 2.24) is 0 Å². The van der Waals surface area contributed by atoms with Gasteiger partial charge in [-0.1, -0.05) is 174 Å². The van der Waals surface area contributed by atoms with Crippen LogP contribution < -0.4 is 0 Å². The van der Waals surface area contributed by atoms with Gasteiger partial charge in [0.25, 0.3) is 0 Å². The molecule has 0 aromatic rings. The van der Waals surface area contributed by atoms with E-state index in [4.69, 9.17) is 18.5 Å². The average molecular weight is 879 g/mol. The highest BCUT2D eigenvalue weighted by atomic mass is 31.2. The smallest absolute Gasteiger partial charge is 0.462 e. The molecule has 1 fully saturated rings. The molecular weight excluding hydrogens is 791 g/mol. The summed E-state index contributed by atoms with van der Waals surface area (Å²) in [4.78, 5) is 35.7. The summed E-state index contributed by atoms with van der Waals surface area (Å²) >= 11 is 0. The van der Waals surface area contributed by atoms with E-state index >= 15 is 0 Å². The Morgan fingerprint density at radius 3 is 1.27 bits per heavy atom. The molecule has 14 heteroatoms. The van der Waals surface area contributed by atoms with Gasteiger partial charge in [0.1, 0.15) is 43.2 Å². The molecule has 60 heavy (non-hydrogen) atoms. The zero-order valence-corrected chi connectivity index (χ0v) is 38.4. The lowest BCUT2D eigenvalue weighted by molar-refractivity contribution is -0.220. The number of phosphoric ester groups is 1. The van der Waals surface area contributed by atoms with Crippen molar-refractivity contribution >= 4 is 19.8 Å². The van der Waals surface area contributed by atoms with Crippen LogP contribution in [0.4, 0.5) is 0 Å². The molecular formula is C46H87O13P. The number of rotatable bonds is 40. The van der Waals surface area contributed by atoms with Gasteiger partial charge in [-0.2, -0.15) is 0 Å². The SMILES string of the molecule is CCCCCCCCCC/C=C\CCCCCCCCCC(=O)O[C@H](COC(=O)CCCCCCCCCCCCCC)COP(=O)(O)OC1C(O)C(O)C(O)[C@@H](O)C1O. The second-order valence-corrected chi connectivity index (χ2v) is 18.4. The summed E-state index contributed by atoms with van der Waals surface area (Å²) in [5.74, 6) is -1.09. The third-order valence-corrected chi connectivity index (χ3v) is 12.3. The van der Waals surface area contributed by atoms with Crippen LogP contribution in [0.5, 0.6) is 0 Å². The normalized spacial score (nSPS) is 22.2. The molecule has 1 aliphatic rings. The lowest BCUT2D eigenvalue weighted by Crippen LogP contribution is -2.64. The Morgan fingerprint density at radius 1 is 0.500 bits per heavy atom. The summed E-state index contributed by atoms with van der Waals surface area (Å²) in [6.45, 7) is 3.31. The quantitative estimate of drug-likeness (QED) is 0.0147. The molecule has 0 radical (unpaired) electrons. The Balaban J connectivity index is 2.42. The Morgan fingerprint density at radius 2 is 0.850 bits per heavy atom. The fourth-order valence-corrected chi connectivity index (χ4v) is 8.43. The number of hydrogen-bond donors (Lipinski definition) is 6. The number of aliphatic hydroxyl groups excluding tert-OH is 5. The van der Waals surface area contributed by atoms with Gasteiger partial charge in [-0.05, 0) is 38.5 Å². The van der Waals surface area contributed by atoms with Gasteiger partial charge in [0.15, 0.2) is 6.10 Å². The minimum Gasteiger partial charge on any atom is -0.462 e. The maximum absolute atomic E-state index is 12.8. The number of phosphoric acid groups is 1. The van der Waals surface area contributed by atoms with Gasteiger partial charge in [0.2, 0.25) is 0 Å². The van der Waals surface area contributed by atoms with Crippen molar-refractivity contribution < 1.29 is 63.1 Å².